The quantitative estimate of drug-likeness (QED) is 0.828. The number of carbonyl (C=O) groups excluding carboxylic acids is 1. The molecule has 6 nitrogen and oxygen atoms in total. The van der Waals surface area contributed by atoms with Gasteiger partial charge in [0, 0.05) is 13.1 Å². The van der Waals surface area contributed by atoms with Gasteiger partial charge >= 0.3 is 6.09 Å². The number of nitrogens with zero attached hydrogens (tertiary/aromatic N) is 1. The Morgan fingerprint density at radius 1 is 1.37 bits per heavy atom. The van der Waals surface area contributed by atoms with Crippen LogP contribution in [0.25, 0.3) is 0 Å². The van der Waals surface area contributed by atoms with E-state index >= 15 is 0 Å². The Labute approximate surface area is 114 Å². The summed E-state index contributed by atoms with van der Waals surface area (Å²) in [5.41, 5.74) is -0.558. The summed E-state index contributed by atoms with van der Waals surface area (Å²) in [4.78, 5) is 13.2. The lowest BCUT2D eigenvalue weighted by atomic mass is 9.91. The van der Waals surface area contributed by atoms with E-state index in [0.29, 0.717) is 12.8 Å². The molecule has 0 aromatic rings. The number of carbonyl (C=O) groups is 1. The first-order valence-electron chi connectivity index (χ1n) is 6.35. The fraction of sp³-hybridized carbons (Fsp3) is 0.917. The van der Waals surface area contributed by atoms with E-state index in [0.717, 1.165) is 0 Å². The minimum atomic E-state index is -3.23. The van der Waals surface area contributed by atoms with E-state index in [4.69, 9.17) is 9.84 Å². The molecular formula is C12H23NO5S. The van der Waals surface area contributed by atoms with Gasteiger partial charge in [-0.05, 0) is 33.6 Å². The van der Waals surface area contributed by atoms with Crippen molar-refractivity contribution < 1.29 is 23.1 Å². The average Bonchev–Trinajstić information content (AvgIpc) is 2.11. The molecule has 0 aliphatic heterocycles. The van der Waals surface area contributed by atoms with Crippen LogP contribution in [0.15, 0.2) is 0 Å². The van der Waals surface area contributed by atoms with E-state index in [9.17, 15) is 13.2 Å². The first-order valence-corrected chi connectivity index (χ1v) is 8.06. The molecule has 1 aliphatic rings. The predicted octanol–water partition coefficient (Wildman–Crippen LogP) is 0.791. The lowest BCUT2D eigenvalue weighted by molar-refractivity contribution is 0.0148. The molecule has 0 spiro atoms. The molecule has 1 aliphatic carbocycles. The summed E-state index contributed by atoms with van der Waals surface area (Å²) in [6.07, 6.45) is 0.395. The number of aliphatic hydroxyl groups is 1. The summed E-state index contributed by atoms with van der Waals surface area (Å²) in [6.45, 7) is 5.00. The number of aliphatic hydroxyl groups excluding tert-OH is 1. The van der Waals surface area contributed by atoms with Gasteiger partial charge in [-0.2, -0.15) is 0 Å². The van der Waals surface area contributed by atoms with Gasteiger partial charge in [-0.3, -0.25) is 0 Å². The third-order valence-corrected chi connectivity index (χ3v) is 5.34. The van der Waals surface area contributed by atoms with Crippen molar-refractivity contribution in [3.8, 4) is 0 Å². The molecule has 1 fully saturated rings. The third-order valence-electron chi connectivity index (χ3n) is 3.18. The van der Waals surface area contributed by atoms with Crippen molar-refractivity contribution in [1.82, 2.24) is 4.90 Å². The molecular weight excluding hydrogens is 270 g/mol. The summed E-state index contributed by atoms with van der Waals surface area (Å²) < 4.78 is 28.6. The highest BCUT2D eigenvalue weighted by Gasteiger charge is 2.42. The van der Waals surface area contributed by atoms with Crippen LogP contribution >= 0.6 is 0 Å². The van der Waals surface area contributed by atoms with E-state index in [1.165, 1.54) is 4.90 Å². The van der Waals surface area contributed by atoms with Crippen molar-refractivity contribution in [2.45, 2.75) is 50.5 Å². The van der Waals surface area contributed by atoms with Crippen LogP contribution in [0.4, 0.5) is 4.79 Å². The first-order chi connectivity index (χ1) is 8.57. The first kappa shape index (κ1) is 16.2. The maximum atomic E-state index is 11.8. The van der Waals surface area contributed by atoms with E-state index in [1.54, 1.807) is 27.8 Å². The van der Waals surface area contributed by atoms with Gasteiger partial charge in [0.2, 0.25) is 0 Å². The Bertz CT molecular complexity index is 420. The maximum Gasteiger partial charge on any atom is 0.410 e. The number of hydrogen-bond donors (Lipinski definition) is 1. The topological polar surface area (TPSA) is 83.9 Å². The fourth-order valence-electron chi connectivity index (χ4n) is 1.92. The number of hydrogen-bond acceptors (Lipinski definition) is 5. The van der Waals surface area contributed by atoms with Gasteiger partial charge in [0.1, 0.15) is 5.60 Å². The Morgan fingerprint density at radius 2 is 1.89 bits per heavy atom. The van der Waals surface area contributed by atoms with Crippen LogP contribution in [0, 0.1) is 0 Å². The smallest absolute Gasteiger partial charge is 0.410 e. The van der Waals surface area contributed by atoms with Gasteiger partial charge in [0.25, 0.3) is 0 Å². The standard InChI is InChI=1S/C12H23NO5S/c1-12(2,3)18-11(15)13(4)9-7-10(8-9)19(16,17)6-5-14/h9-10,14H,5-8H2,1-4H3/t9-,10-. The van der Waals surface area contributed by atoms with Crippen molar-refractivity contribution in [1.29, 1.82) is 0 Å². The molecule has 0 aromatic heterocycles. The molecule has 0 heterocycles. The largest absolute Gasteiger partial charge is 0.444 e. The molecule has 0 radical (unpaired) electrons. The molecule has 1 amide bonds. The molecule has 7 heteroatoms. The predicted molar refractivity (Wildman–Crippen MR) is 71.7 cm³/mol. The summed E-state index contributed by atoms with van der Waals surface area (Å²) in [5.74, 6) is -0.208. The van der Waals surface area contributed by atoms with Crippen molar-refractivity contribution in [3.63, 3.8) is 0 Å². The van der Waals surface area contributed by atoms with E-state index in [1.807, 2.05) is 0 Å². The summed E-state index contributed by atoms with van der Waals surface area (Å²) in [6, 6.07) is -0.103. The molecule has 0 saturated heterocycles. The normalized spacial score (nSPS) is 23.6. The van der Waals surface area contributed by atoms with E-state index < -0.39 is 26.8 Å². The maximum absolute atomic E-state index is 11.8. The number of rotatable bonds is 4. The molecule has 1 N–H and O–H groups in total. The monoisotopic (exact) mass is 293 g/mol. The molecule has 19 heavy (non-hydrogen) atoms. The van der Waals surface area contributed by atoms with Crippen LogP contribution in [-0.2, 0) is 14.6 Å². The third kappa shape index (κ3) is 4.35. The lowest BCUT2D eigenvalue weighted by Crippen LogP contribution is -2.52. The van der Waals surface area contributed by atoms with E-state index in [2.05, 4.69) is 0 Å². The molecule has 0 atom stereocenters. The molecule has 112 valence electrons. The number of sulfone groups is 1. The van der Waals surface area contributed by atoms with Gasteiger partial charge in [0.05, 0.1) is 17.6 Å². The van der Waals surface area contributed by atoms with Crippen molar-refractivity contribution >= 4 is 15.9 Å². The van der Waals surface area contributed by atoms with Crippen LogP contribution < -0.4 is 0 Å². The molecule has 0 unspecified atom stereocenters. The zero-order valence-electron chi connectivity index (χ0n) is 11.9. The van der Waals surface area contributed by atoms with Crippen molar-refractivity contribution in [2.75, 3.05) is 19.4 Å². The van der Waals surface area contributed by atoms with Crippen LogP contribution in [0.2, 0.25) is 0 Å². The highest BCUT2D eigenvalue weighted by Crippen LogP contribution is 2.31. The second-order valence-corrected chi connectivity index (χ2v) is 8.33. The summed E-state index contributed by atoms with van der Waals surface area (Å²) in [5, 5.41) is 8.25. The Balaban J connectivity index is 2.48. The minimum Gasteiger partial charge on any atom is -0.444 e. The minimum absolute atomic E-state index is 0.103. The van der Waals surface area contributed by atoms with Crippen LogP contribution in [0.3, 0.4) is 0 Å². The SMILES string of the molecule is CN(C(=O)OC(C)(C)C)[C@H]1C[C@H](S(=O)(=O)CCO)C1. The lowest BCUT2D eigenvalue weighted by Gasteiger charge is -2.40. The van der Waals surface area contributed by atoms with Gasteiger partial charge in [-0.1, -0.05) is 0 Å². The van der Waals surface area contributed by atoms with Crippen LogP contribution in [0.5, 0.6) is 0 Å². The molecule has 0 bridgehead atoms. The second kappa shape index (κ2) is 5.66. The summed E-state index contributed by atoms with van der Waals surface area (Å²) in [7, 11) is -1.61. The Morgan fingerprint density at radius 3 is 2.32 bits per heavy atom. The van der Waals surface area contributed by atoms with Crippen LogP contribution in [0.1, 0.15) is 33.6 Å². The Hall–Kier alpha value is -0.820. The molecule has 1 rings (SSSR count). The van der Waals surface area contributed by atoms with Crippen molar-refractivity contribution in [2.24, 2.45) is 0 Å². The van der Waals surface area contributed by atoms with Gasteiger partial charge < -0.3 is 14.7 Å². The molecule has 1 saturated carbocycles. The van der Waals surface area contributed by atoms with Gasteiger partial charge in [-0.15, -0.1) is 0 Å². The van der Waals surface area contributed by atoms with Crippen LogP contribution in [-0.4, -0.2) is 60.8 Å². The average molecular weight is 293 g/mol. The van der Waals surface area contributed by atoms with E-state index in [-0.39, 0.29) is 18.4 Å². The Kier molecular flexibility index (Phi) is 4.84. The van der Waals surface area contributed by atoms with Gasteiger partial charge in [-0.25, -0.2) is 13.2 Å². The highest BCUT2D eigenvalue weighted by atomic mass is 32.2. The zero-order valence-corrected chi connectivity index (χ0v) is 12.7. The van der Waals surface area contributed by atoms with Gasteiger partial charge in [0.15, 0.2) is 9.84 Å². The number of amides is 1. The zero-order chi connectivity index (χ0) is 14.8. The second-order valence-electron chi connectivity index (χ2n) is 5.93. The van der Waals surface area contributed by atoms with Crippen molar-refractivity contribution in [3.05, 3.63) is 0 Å². The molecule has 0 aromatic carbocycles. The highest BCUT2D eigenvalue weighted by molar-refractivity contribution is 7.92. The fourth-order valence-corrected chi connectivity index (χ4v) is 3.54. The summed E-state index contributed by atoms with van der Waals surface area (Å²) >= 11 is 0. The number of ether oxygens (including phenoxy) is 1.